The summed E-state index contributed by atoms with van der Waals surface area (Å²) in [5.41, 5.74) is 3.14. The molecule has 2 aromatic heterocycles. The highest BCUT2D eigenvalue weighted by Crippen LogP contribution is 2.32. The molecule has 10 heteroatoms. The summed E-state index contributed by atoms with van der Waals surface area (Å²) in [4.78, 5) is 25.6. The summed E-state index contributed by atoms with van der Waals surface area (Å²) in [7, 11) is 0. The summed E-state index contributed by atoms with van der Waals surface area (Å²) in [6, 6.07) is 13.6. The van der Waals surface area contributed by atoms with Crippen molar-refractivity contribution in [2.24, 2.45) is 0 Å². The topological polar surface area (TPSA) is 112 Å². The highest BCUT2D eigenvalue weighted by molar-refractivity contribution is 5.99. The zero-order chi connectivity index (χ0) is 24.4. The van der Waals surface area contributed by atoms with E-state index in [0.29, 0.717) is 59.4 Å². The molecule has 178 valence electrons. The summed E-state index contributed by atoms with van der Waals surface area (Å²) in [5, 5.41) is 5.58. The van der Waals surface area contributed by atoms with Crippen molar-refractivity contribution in [3.05, 3.63) is 72.1 Å². The average Bonchev–Trinajstić information content (AvgIpc) is 3.18. The number of rotatable bonds is 5. The molecule has 0 aliphatic carbocycles. The summed E-state index contributed by atoms with van der Waals surface area (Å²) in [6.07, 6.45) is 1.73. The van der Waals surface area contributed by atoms with Gasteiger partial charge in [-0.2, -0.15) is 4.98 Å². The minimum atomic E-state index is -0.377. The zero-order valence-electron chi connectivity index (χ0n) is 19.5. The molecule has 2 N–H and O–H groups in total. The number of nitrogens with zero attached hydrogens (tertiary/aromatic N) is 4. The molecule has 1 aliphatic rings. The molecular formula is C25H24N6O4. The number of imidazole rings is 1. The van der Waals surface area contributed by atoms with E-state index in [1.165, 1.54) is 0 Å². The van der Waals surface area contributed by atoms with Gasteiger partial charge < -0.3 is 24.8 Å². The van der Waals surface area contributed by atoms with Gasteiger partial charge in [0.05, 0.1) is 5.69 Å². The lowest BCUT2D eigenvalue weighted by atomic mass is 10.2. The van der Waals surface area contributed by atoms with Crippen LogP contribution >= 0.6 is 0 Å². The fourth-order valence-corrected chi connectivity index (χ4v) is 3.57. The molecule has 5 rings (SSSR count). The smallest absolute Gasteiger partial charge is 0.323 e. The molecular weight excluding hydrogens is 448 g/mol. The van der Waals surface area contributed by atoms with Gasteiger partial charge in [0, 0.05) is 29.2 Å². The van der Waals surface area contributed by atoms with Crippen molar-refractivity contribution in [3.8, 4) is 28.9 Å². The standard InChI is InChI=1S/C25H24N6O4/c1-15-16(2)31(14-26-15)23-13-24(28-17(3)27-23)35-20-7-4-18(5-8-20)29-25(32)30-19-6-9-21-22(12-19)34-11-10-33-21/h4-9,12-14H,10-11H2,1-3H3,(H2,29,30,32). The number of aromatic nitrogens is 4. The van der Waals surface area contributed by atoms with Gasteiger partial charge in [0.25, 0.3) is 0 Å². The second kappa shape index (κ2) is 9.34. The first-order valence-electron chi connectivity index (χ1n) is 11.1. The summed E-state index contributed by atoms with van der Waals surface area (Å²) >= 11 is 0. The summed E-state index contributed by atoms with van der Waals surface area (Å²) in [5.74, 6) is 3.52. The molecule has 2 aromatic carbocycles. The first kappa shape index (κ1) is 22.2. The lowest BCUT2D eigenvalue weighted by Gasteiger charge is -2.19. The number of urea groups is 1. The van der Waals surface area contributed by atoms with Gasteiger partial charge in [0.1, 0.15) is 36.9 Å². The number of nitrogens with one attached hydrogen (secondary N) is 2. The minimum Gasteiger partial charge on any atom is -0.486 e. The molecule has 4 aromatic rings. The number of fused-ring (bicyclic) bond motifs is 1. The fourth-order valence-electron chi connectivity index (χ4n) is 3.57. The number of aryl methyl sites for hydroxylation is 2. The fraction of sp³-hybridized carbons (Fsp3) is 0.200. The Labute approximate surface area is 201 Å². The van der Waals surface area contributed by atoms with Crippen LogP contribution in [0.3, 0.4) is 0 Å². The van der Waals surface area contributed by atoms with Crippen LogP contribution in [-0.2, 0) is 0 Å². The van der Waals surface area contributed by atoms with E-state index in [1.54, 1.807) is 54.9 Å². The van der Waals surface area contributed by atoms with Crippen LogP contribution < -0.4 is 24.8 Å². The van der Waals surface area contributed by atoms with Gasteiger partial charge in [-0.25, -0.2) is 14.8 Å². The van der Waals surface area contributed by atoms with Gasteiger partial charge in [-0.1, -0.05) is 0 Å². The molecule has 0 bridgehead atoms. The maximum atomic E-state index is 12.4. The third-order valence-electron chi connectivity index (χ3n) is 5.43. The first-order valence-corrected chi connectivity index (χ1v) is 11.1. The van der Waals surface area contributed by atoms with E-state index >= 15 is 0 Å². The van der Waals surface area contributed by atoms with Gasteiger partial charge in [0.15, 0.2) is 11.5 Å². The Bertz CT molecular complexity index is 1380. The van der Waals surface area contributed by atoms with E-state index in [0.717, 1.165) is 11.4 Å². The summed E-state index contributed by atoms with van der Waals surface area (Å²) in [6.45, 7) is 6.74. The SMILES string of the molecule is Cc1nc(Oc2ccc(NC(=O)Nc3ccc4c(c3)OCCO4)cc2)cc(-n2cnc(C)c2C)n1. The second-order valence-corrected chi connectivity index (χ2v) is 7.96. The van der Waals surface area contributed by atoms with Crippen molar-refractivity contribution in [1.82, 2.24) is 19.5 Å². The molecule has 2 amide bonds. The van der Waals surface area contributed by atoms with Crippen molar-refractivity contribution >= 4 is 17.4 Å². The van der Waals surface area contributed by atoms with E-state index in [2.05, 4.69) is 25.6 Å². The number of amides is 2. The molecule has 0 saturated carbocycles. The van der Waals surface area contributed by atoms with E-state index in [-0.39, 0.29) is 6.03 Å². The summed E-state index contributed by atoms with van der Waals surface area (Å²) < 4.78 is 18.9. The number of carbonyl (C=O) groups is 1. The van der Waals surface area contributed by atoms with Gasteiger partial charge in [-0.05, 0) is 57.2 Å². The Morgan fingerprint density at radius 3 is 2.37 bits per heavy atom. The van der Waals surface area contributed by atoms with Crippen LogP contribution in [0.5, 0.6) is 23.1 Å². The predicted octanol–water partition coefficient (Wildman–Crippen LogP) is 4.80. The predicted molar refractivity (Wildman–Crippen MR) is 130 cm³/mol. The van der Waals surface area contributed by atoms with Gasteiger partial charge in [0.2, 0.25) is 5.88 Å². The minimum absolute atomic E-state index is 0.377. The van der Waals surface area contributed by atoms with Crippen LogP contribution in [0, 0.1) is 20.8 Å². The molecule has 0 spiro atoms. The van der Waals surface area contributed by atoms with E-state index in [1.807, 2.05) is 25.3 Å². The average molecular weight is 473 g/mol. The monoisotopic (exact) mass is 472 g/mol. The number of ether oxygens (including phenoxy) is 3. The molecule has 1 aliphatic heterocycles. The zero-order valence-corrected chi connectivity index (χ0v) is 19.5. The highest BCUT2D eigenvalue weighted by Gasteiger charge is 2.13. The van der Waals surface area contributed by atoms with Crippen LogP contribution in [0.15, 0.2) is 54.9 Å². The van der Waals surface area contributed by atoms with Gasteiger partial charge in [-0.3, -0.25) is 4.57 Å². The maximum Gasteiger partial charge on any atom is 0.323 e. The Morgan fingerprint density at radius 2 is 1.63 bits per heavy atom. The first-order chi connectivity index (χ1) is 16.9. The normalized spacial score (nSPS) is 12.2. The number of carbonyl (C=O) groups excluding carboxylic acids is 1. The molecule has 3 heterocycles. The highest BCUT2D eigenvalue weighted by atomic mass is 16.6. The lowest BCUT2D eigenvalue weighted by molar-refractivity contribution is 0.171. The van der Waals surface area contributed by atoms with Crippen molar-refractivity contribution in [2.45, 2.75) is 20.8 Å². The van der Waals surface area contributed by atoms with E-state index < -0.39 is 0 Å². The van der Waals surface area contributed by atoms with Gasteiger partial charge >= 0.3 is 6.03 Å². The van der Waals surface area contributed by atoms with Crippen molar-refractivity contribution in [2.75, 3.05) is 23.8 Å². The van der Waals surface area contributed by atoms with E-state index in [9.17, 15) is 4.79 Å². The molecule has 0 radical (unpaired) electrons. The quantitative estimate of drug-likeness (QED) is 0.429. The third kappa shape index (κ3) is 5.01. The molecule has 0 fully saturated rings. The van der Waals surface area contributed by atoms with Crippen LogP contribution in [0.2, 0.25) is 0 Å². The maximum absolute atomic E-state index is 12.4. The van der Waals surface area contributed by atoms with Crippen molar-refractivity contribution < 1.29 is 19.0 Å². The number of hydrogen-bond acceptors (Lipinski definition) is 7. The van der Waals surface area contributed by atoms with Crippen molar-refractivity contribution in [3.63, 3.8) is 0 Å². The Kier molecular flexibility index (Phi) is 5.92. The lowest BCUT2D eigenvalue weighted by Crippen LogP contribution is -2.20. The second-order valence-electron chi connectivity index (χ2n) is 7.96. The van der Waals surface area contributed by atoms with Gasteiger partial charge in [-0.15, -0.1) is 0 Å². The third-order valence-corrected chi connectivity index (χ3v) is 5.43. The molecule has 0 unspecified atom stereocenters. The molecule has 10 nitrogen and oxygen atoms in total. The van der Waals surface area contributed by atoms with Crippen LogP contribution in [0.4, 0.5) is 16.2 Å². The molecule has 0 atom stereocenters. The number of hydrogen-bond donors (Lipinski definition) is 2. The molecule has 35 heavy (non-hydrogen) atoms. The van der Waals surface area contributed by atoms with Crippen LogP contribution in [-0.4, -0.2) is 38.8 Å². The Hall–Kier alpha value is -4.60. The molecule has 0 saturated heterocycles. The van der Waals surface area contributed by atoms with E-state index in [4.69, 9.17) is 14.2 Å². The Balaban J connectivity index is 1.23. The number of anilines is 2. The van der Waals surface area contributed by atoms with Crippen LogP contribution in [0.25, 0.3) is 5.82 Å². The largest absolute Gasteiger partial charge is 0.486 e. The van der Waals surface area contributed by atoms with Crippen molar-refractivity contribution in [1.29, 1.82) is 0 Å². The Morgan fingerprint density at radius 1 is 0.914 bits per heavy atom. The van der Waals surface area contributed by atoms with Crippen LogP contribution in [0.1, 0.15) is 17.2 Å². The number of benzene rings is 2.